The molecular weight excluding hydrogens is 398 g/mol. The number of anilines is 1. The number of amidine groups is 1. The molecule has 1 N–H and O–H groups in total. The first-order valence-corrected chi connectivity index (χ1v) is 10.9. The summed E-state index contributed by atoms with van der Waals surface area (Å²) in [7, 11) is -3.63. The van der Waals surface area contributed by atoms with E-state index in [1.807, 2.05) is 24.0 Å². The van der Waals surface area contributed by atoms with Crippen molar-refractivity contribution < 1.29 is 13.2 Å². The number of nitrogens with zero attached hydrogens (tertiary/aromatic N) is 2. The second-order valence-electron chi connectivity index (χ2n) is 7.10. The van der Waals surface area contributed by atoms with E-state index in [0.717, 1.165) is 11.3 Å². The number of hydrogen-bond acceptors (Lipinski definition) is 4. The predicted octanol–water partition coefficient (Wildman–Crippen LogP) is 3.45. The maximum absolute atomic E-state index is 12.6. The first-order valence-electron chi connectivity index (χ1n) is 9.11. The van der Waals surface area contributed by atoms with Gasteiger partial charge in [0.25, 0.3) is 10.0 Å². The second kappa shape index (κ2) is 7.22. The largest absolute Gasteiger partial charge is 0.355 e. The third-order valence-electron chi connectivity index (χ3n) is 5.22. The van der Waals surface area contributed by atoms with Gasteiger partial charge in [0.2, 0.25) is 5.91 Å². The van der Waals surface area contributed by atoms with Gasteiger partial charge in [0.1, 0.15) is 4.90 Å². The zero-order valence-corrected chi connectivity index (χ0v) is 16.9. The van der Waals surface area contributed by atoms with Crippen LogP contribution in [0.25, 0.3) is 0 Å². The third kappa shape index (κ3) is 3.52. The van der Waals surface area contributed by atoms with Gasteiger partial charge in [-0.15, -0.1) is 4.40 Å². The van der Waals surface area contributed by atoms with E-state index >= 15 is 0 Å². The molecule has 0 unspecified atom stereocenters. The fourth-order valence-corrected chi connectivity index (χ4v) is 5.13. The number of aryl methyl sites for hydroxylation is 1. The van der Waals surface area contributed by atoms with Crippen LogP contribution in [0.15, 0.2) is 51.8 Å². The molecule has 2 aromatic rings. The number of carbonyl (C=O) groups is 1. The van der Waals surface area contributed by atoms with Gasteiger partial charge in [0, 0.05) is 35.3 Å². The molecule has 6 nitrogen and oxygen atoms in total. The normalized spacial score (nSPS) is 18.5. The fraction of sp³-hybridized carbons (Fsp3) is 0.300. The van der Waals surface area contributed by atoms with E-state index < -0.39 is 10.0 Å². The van der Waals surface area contributed by atoms with Gasteiger partial charge >= 0.3 is 0 Å². The van der Waals surface area contributed by atoms with Crippen molar-refractivity contribution in [2.24, 2.45) is 10.3 Å². The Morgan fingerprint density at radius 2 is 1.89 bits per heavy atom. The van der Waals surface area contributed by atoms with Crippen molar-refractivity contribution in [1.82, 2.24) is 4.90 Å². The number of halogens is 1. The highest BCUT2D eigenvalue weighted by Crippen LogP contribution is 2.30. The van der Waals surface area contributed by atoms with Crippen LogP contribution in [0.2, 0.25) is 5.02 Å². The molecule has 28 heavy (non-hydrogen) atoms. The summed E-state index contributed by atoms with van der Waals surface area (Å²) in [5, 5.41) is 3.61. The van der Waals surface area contributed by atoms with Gasteiger partial charge < -0.3 is 10.2 Å². The number of nitrogens with one attached hydrogen (secondary N) is 1. The number of amides is 1. The Balaban J connectivity index is 1.43. The van der Waals surface area contributed by atoms with Gasteiger partial charge in [0.15, 0.2) is 5.84 Å². The molecule has 2 heterocycles. The fourth-order valence-electron chi connectivity index (χ4n) is 3.67. The molecular formula is C20H20ClN3O3S. The van der Waals surface area contributed by atoms with Crippen LogP contribution in [0.1, 0.15) is 24.0 Å². The Labute approximate surface area is 169 Å². The maximum Gasteiger partial charge on any atom is 0.285 e. The molecule has 2 aliphatic rings. The smallest absolute Gasteiger partial charge is 0.285 e. The lowest BCUT2D eigenvalue weighted by Gasteiger charge is -2.32. The van der Waals surface area contributed by atoms with Crippen LogP contribution in [0.3, 0.4) is 0 Å². The zero-order valence-electron chi connectivity index (χ0n) is 15.4. The quantitative estimate of drug-likeness (QED) is 0.811. The predicted molar refractivity (Wildman–Crippen MR) is 109 cm³/mol. The molecule has 146 valence electrons. The van der Waals surface area contributed by atoms with Crippen molar-refractivity contribution in [1.29, 1.82) is 0 Å². The van der Waals surface area contributed by atoms with Crippen LogP contribution in [0.5, 0.6) is 0 Å². The van der Waals surface area contributed by atoms with E-state index in [4.69, 9.17) is 11.6 Å². The SMILES string of the molecule is Cc1cc(Cl)ccc1NC(=O)C1CCN(C2=NS(=O)(=O)c3ccccc32)CC1. The zero-order chi connectivity index (χ0) is 19.9. The summed E-state index contributed by atoms with van der Waals surface area (Å²) in [5.41, 5.74) is 2.32. The number of rotatable bonds is 2. The molecule has 4 rings (SSSR count). The number of sulfonamides is 1. The lowest BCUT2D eigenvalue weighted by Crippen LogP contribution is -2.41. The van der Waals surface area contributed by atoms with Gasteiger partial charge in [0.05, 0.1) is 0 Å². The van der Waals surface area contributed by atoms with Crippen molar-refractivity contribution in [2.45, 2.75) is 24.7 Å². The Morgan fingerprint density at radius 3 is 2.61 bits per heavy atom. The monoisotopic (exact) mass is 417 g/mol. The minimum atomic E-state index is -3.63. The van der Waals surface area contributed by atoms with Crippen LogP contribution in [-0.2, 0) is 14.8 Å². The van der Waals surface area contributed by atoms with E-state index in [2.05, 4.69) is 9.71 Å². The highest BCUT2D eigenvalue weighted by atomic mass is 35.5. The molecule has 0 atom stereocenters. The Bertz CT molecular complexity index is 1070. The van der Waals surface area contributed by atoms with Crippen LogP contribution in [0.4, 0.5) is 5.69 Å². The first-order chi connectivity index (χ1) is 13.3. The van der Waals surface area contributed by atoms with Crippen molar-refractivity contribution >= 4 is 39.1 Å². The summed E-state index contributed by atoms with van der Waals surface area (Å²) < 4.78 is 28.5. The van der Waals surface area contributed by atoms with Crippen LogP contribution in [-0.4, -0.2) is 38.2 Å². The number of carbonyl (C=O) groups excluding carboxylic acids is 1. The van der Waals surface area contributed by atoms with E-state index in [0.29, 0.717) is 42.4 Å². The Morgan fingerprint density at radius 1 is 1.18 bits per heavy atom. The maximum atomic E-state index is 12.6. The summed E-state index contributed by atoms with van der Waals surface area (Å²) in [4.78, 5) is 14.9. The van der Waals surface area contributed by atoms with E-state index in [1.165, 1.54) is 0 Å². The average molecular weight is 418 g/mol. The van der Waals surface area contributed by atoms with Gasteiger partial charge in [-0.3, -0.25) is 4.79 Å². The van der Waals surface area contributed by atoms with Gasteiger partial charge in [-0.1, -0.05) is 23.7 Å². The van der Waals surface area contributed by atoms with Gasteiger partial charge in [-0.2, -0.15) is 8.42 Å². The van der Waals surface area contributed by atoms with Crippen molar-refractivity contribution in [3.8, 4) is 0 Å². The first kappa shape index (κ1) is 19.0. The minimum absolute atomic E-state index is 0.0218. The van der Waals surface area contributed by atoms with E-state index in [1.54, 1.807) is 30.3 Å². The molecule has 8 heteroatoms. The lowest BCUT2D eigenvalue weighted by molar-refractivity contribution is -0.121. The molecule has 0 spiro atoms. The Kier molecular flexibility index (Phi) is 4.89. The van der Waals surface area contributed by atoms with Crippen molar-refractivity contribution in [2.75, 3.05) is 18.4 Å². The van der Waals surface area contributed by atoms with Crippen molar-refractivity contribution in [3.05, 3.63) is 58.6 Å². The minimum Gasteiger partial charge on any atom is -0.355 e. The molecule has 1 fully saturated rings. The number of likely N-dealkylation sites (tertiary alicyclic amines) is 1. The molecule has 2 aliphatic heterocycles. The van der Waals surface area contributed by atoms with Gasteiger partial charge in [-0.05, 0) is 55.7 Å². The molecule has 0 aliphatic carbocycles. The molecule has 0 saturated carbocycles. The molecule has 1 saturated heterocycles. The standard InChI is InChI=1S/C20H20ClN3O3S/c1-13-12-15(21)6-7-17(13)22-20(25)14-8-10-24(11-9-14)19-16-4-2-3-5-18(16)28(26,27)23-19/h2-7,12,14H,8-11H2,1H3,(H,22,25). The number of hydrogen-bond donors (Lipinski definition) is 1. The molecule has 1 amide bonds. The van der Waals surface area contributed by atoms with Crippen LogP contribution in [0, 0.1) is 12.8 Å². The van der Waals surface area contributed by atoms with Gasteiger partial charge in [-0.25, -0.2) is 0 Å². The highest BCUT2D eigenvalue weighted by Gasteiger charge is 2.34. The molecule has 2 aromatic carbocycles. The Hall–Kier alpha value is -2.38. The lowest BCUT2D eigenvalue weighted by atomic mass is 9.95. The summed E-state index contributed by atoms with van der Waals surface area (Å²) in [6.45, 7) is 3.07. The topological polar surface area (TPSA) is 78.8 Å². The summed E-state index contributed by atoms with van der Waals surface area (Å²) in [6.07, 6.45) is 1.28. The van der Waals surface area contributed by atoms with Crippen molar-refractivity contribution in [3.63, 3.8) is 0 Å². The summed E-state index contributed by atoms with van der Waals surface area (Å²) in [5.74, 6) is 0.342. The average Bonchev–Trinajstić information content (AvgIpc) is 2.96. The van der Waals surface area contributed by atoms with E-state index in [9.17, 15) is 13.2 Å². The second-order valence-corrected chi connectivity index (χ2v) is 9.10. The number of piperidine rings is 1. The molecule has 0 bridgehead atoms. The third-order valence-corrected chi connectivity index (χ3v) is 6.78. The molecule has 0 aromatic heterocycles. The number of benzene rings is 2. The molecule has 0 radical (unpaired) electrons. The highest BCUT2D eigenvalue weighted by molar-refractivity contribution is 7.90. The van der Waals surface area contributed by atoms with Crippen LogP contribution >= 0.6 is 11.6 Å². The van der Waals surface area contributed by atoms with E-state index in [-0.39, 0.29) is 16.7 Å². The summed E-state index contributed by atoms with van der Waals surface area (Å²) >= 11 is 5.96. The summed E-state index contributed by atoms with van der Waals surface area (Å²) in [6, 6.07) is 12.2. The van der Waals surface area contributed by atoms with Crippen LogP contribution < -0.4 is 5.32 Å². The number of fused-ring (bicyclic) bond motifs is 1.